The Morgan fingerprint density at radius 1 is 0.684 bits per heavy atom. The van der Waals surface area contributed by atoms with Crippen LogP contribution < -0.4 is 5.69 Å². The second-order valence-corrected chi connectivity index (χ2v) is 3.95. The van der Waals surface area contributed by atoms with Gasteiger partial charge in [-0.05, 0) is 24.3 Å². The normalized spacial score (nSPS) is 10.3. The van der Waals surface area contributed by atoms with Crippen LogP contribution in [0.15, 0.2) is 69.9 Å². The van der Waals surface area contributed by atoms with E-state index in [-0.39, 0.29) is 11.8 Å². The molecule has 0 unspecified atom stereocenters. The molecular weight excluding hydrogens is 240 g/mol. The van der Waals surface area contributed by atoms with Gasteiger partial charge in [0.05, 0.1) is 0 Å². The van der Waals surface area contributed by atoms with E-state index in [9.17, 15) is 4.79 Å². The van der Waals surface area contributed by atoms with Crippen molar-refractivity contribution in [3.8, 4) is 22.9 Å². The zero-order valence-corrected chi connectivity index (χ0v) is 9.98. The van der Waals surface area contributed by atoms with Gasteiger partial charge in [0.1, 0.15) is 0 Å². The second-order valence-electron chi connectivity index (χ2n) is 3.95. The Morgan fingerprint density at radius 3 is 1.53 bits per heavy atom. The standard InChI is InChI=1S/C15H10N2O2/c18-15-16-13(11-7-3-1-4-8-11)19-14(17-15)12-9-5-2-6-10-12/h1-10H. The van der Waals surface area contributed by atoms with Crippen molar-refractivity contribution in [2.45, 2.75) is 0 Å². The van der Waals surface area contributed by atoms with E-state index >= 15 is 0 Å². The Morgan fingerprint density at radius 2 is 1.11 bits per heavy atom. The first-order valence-electron chi connectivity index (χ1n) is 5.83. The lowest BCUT2D eigenvalue weighted by Gasteiger charge is -2.02. The van der Waals surface area contributed by atoms with E-state index in [1.165, 1.54) is 0 Å². The van der Waals surface area contributed by atoms with Crippen molar-refractivity contribution in [1.82, 2.24) is 9.97 Å². The largest absolute Gasteiger partial charge is 0.419 e. The monoisotopic (exact) mass is 250 g/mol. The van der Waals surface area contributed by atoms with Crippen molar-refractivity contribution in [1.29, 1.82) is 0 Å². The Balaban J connectivity index is 2.15. The molecule has 0 aliphatic rings. The number of aromatic nitrogens is 2. The molecular formula is C15H10N2O2. The van der Waals surface area contributed by atoms with Crippen molar-refractivity contribution in [3.63, 3.8) is 0 Å². The summed E-state index contributed by atoms with van der Waals surface area (Å²) in [7, 11) is 0. The Kier molecular flexibility index (Phi) is 2.90. The van der Waals surface area contributed by atoms with Gasteiger partial charge in [-0.2, -0.15) is 9.97 Å². The minimum atomic E-state index is -0.552. The molecule has 1 aromatic heterocycles. The van der Waals surface area contributed by atoms with Crippen molar-refractivity contribution < 1.29 is 4.42 Å². The van der Waals surface area contributed by atoms with Gasteiger partial charge in [-0.15, -0.1) is 0 Å². The van der Waals surface area contributed by atoms with E-state index in [1.54, 1.807) is 0 Å². The summed E-state index contributed by atoms with van der Waals surface area (Å²) in [5.41, 5.74) is 0.947. The van der Waals surface area contributed by atoms with E-state index in [2.05, 4.69) is 9.97 Å². The van der Waals surface area contributed by atoms with Crippen LogP contribution in [0.25, 0.3) is 22.9 Å². The van der Waals surface area contributed by atoms with Gasteiger partial charge >= 0.3 is 5.69 Å². The third-order valence-corrected chi connectivity index (χ3v) is 2.63. The van der Waals surface area contributed by atoms with Crippen LogP contribution in [0.4, 0.5) is 0 Å². The van der Waals surface area contributed by atoms with Crippen LogP contribution in [0.2, 0.25) is 0 Å². The molecule has 3 rings (SSSR count). The van der Waals surface area contributed by atoms with E-state index in [0.717, 1.165) is 11.1 Å². The molecule has 0 saturated carbocycles. The summed E-state index contributed by atoms with van der Waals surface area (Å²) in [6.45, 7) is 0. The highest BCUT2D eigenvalue weighted by atomic mass is 16.4. The lowest BCUT2D eigenvalue weighted by molar-refractivity contribution is 0.531. The minimum Gasteiger partial charge on any atom is -0.419 e. The summed E-state index contributed by atoms with van der Waals surface area (Å²) in [6, 6.07) is 18.6. The smallest absolute Gasteiger partial charge is 0.373 e. The molecule has 0 amide bonds. The van der Waals surface area contributed by atoms with Crippen LogP contribution in [0.5, 0.6) is 0 Å². The van der Waals surface area contributed by atoms with Crippen LogP contribution in [0, 0.1) is 0 Å². The van der Waals surface area contributed by atoms with Crippen LogP contribution in [0.1, 0.15) is 0 Å². The summed E-state index contributed by atoms with van der Waals surface area (Å²) in [5, 5.41) is 0. The highest BCUT2D eigenvalue weighted by Crippen LogP contribution is 2.20. The summed E-state index contributed by atoms with van der Waals surface area (Å²) in [5.74, 6) is 0.555. The molecule has 0 radical (unpaired) electrons. The van der Waals surface area contributed by atoms with Crippen LogP contribution >= 0.6 is 0 Å². The maximum atomic E-state index is 11.6. The topological polar surface area (TPSA) is 56.0 Å². The lowest BCUT2D eigenvalue weighted by Crippen LogP contribution is -2.11. The maximum Gasteiger partial charge on any atom is 0.373 e. The third kappa shape index (κ3) is 2.42. The highest BCUT2D eigenvalue weighted by Gasteiger charge is 2.08. The second kappa shape index (κ2) is 4.86. The molecule has 0 bridgehead atoms. The molecule has 0 aliphatic carbocycles. The predicted molar refractivity (Wildman–Crippen MR) is 71.4 cm³/mol. The number of hydrogen-bond acceptors (Lipinski definition) is 4. The zero-order chi connectivity index (χ0) is 13.1. The fourth-order valence-corrected chi connectivity index (χ4v) is 1.74. The van der Waals surface area contributed by atoms with Gasteiger partial charge in [0.25, 0.3) is 0 Å². The Labute approximate surface area is 109 Å². The van der Waals surface area contributed by atoms with Crippen molar-refractivity contribution in [2.24, 2.45) is 0 Å². The molecule has 0 N–H and O–H groups in total. The quantitative estimate of drug-likeness (QED) is 0.701. The van der Waals surface area contributed by atoms with Gasteiger partial charge in [-0.3, -0.25) is 0 Å². The van der Waals surface area contributed by atoms with Crippen LogP contribution in [0.3, 0.4) is 0 Å². The molecule has 0 fully saturated rings. The van der Waals surface area contributed by atoms with Gasteiger partial charge in [-0.25, -0.2) is 4.79 Å². The molecule has 4 heteroatoms. The highest BCUT2D eigenvalue weighted by molar-refractivity contribution is 5.56. The summed E-state index contributed by atoms with van der Waals surface area (Å²) >= 11 is 0. The maximum absolute atomic E-state index is 11.6. The number of nitrogens with zero attached hydrogens (tertiary/aromatic N) is 2. The number of hydrogen-bond donors (Lipinski definition) is 0. The number of benzene rings is 2. The average Bonchev–Trinajstić information content (AvgIpc) is 2.48. The molecule has 0 aliphatic heterocycles. The molecule has 3 aromatic rings. The Hall–Kier alpha value is -2.75. The summed E-state index contributed by atoms with van der Waals surface area (Å²) < 4.78 is 5.61. The van der Waals surface area contributed by atoms with Gasteiger partial charge in [0, 0.05) is 11.1 Å². The van der Waals surface area contributed by atoms with E-state index < -0.39 is 5.69 Å². The first-order valence-corrected chi connectivity index (χ1v) is 5.83. The van der Waals surface area contributed by atoms with Gasteiger partial charge in [0.2, 0.25) is 11.8 Å². The van der Waals surface area contributed by atoms with Crippen molar-refractivity contribution >= 4 is 0 Å². The molecule has 4 nitrogen and oxygen atoms in total. The lowest BCUT2D eigenvalue weighted by atomic mass is 10.2. The van der Waals surface area contributed by atoms with Crippen molar-refractivity contribution in [3.05, 3.63) is 71.1 Å². The molecule has 2 aromatic carbocycles. The SMILES string of the molecule is O=c1nc(-c2ccccc2)oc(-c2ccccc2)n1. The molecule has 92 valence electrons. The van der Waals surface area contributed by atoms with Gasteiger partial charge in [-0.1, -0.05) is 36.4 Å². The average molecular weight is 250 g/mol. The van der Waals surface area contributed by atoms with Gasteiger partial charge in [0.15, 0.2) is 0 Å². The van der Waals surface area contributed by atoms with Crippen LogP contribution in [-0.2, 0) is 0 Å². The minimum absolute atomic E-state index is 0.277. The third-order valence-electron chi connectivity index (χ3n) is 2.63. The Bertz CT molecular complexity index is 676. The van der Waals surface area contributed by atoms with Crippen molar-refractivity contribution in [2.75, 3.05) is 0 Å². The molecule has 0 atom stereocenters. The molecule has 1 heterocycles. The summed E-state index contributed by atoms with van der Waals surface area (Å²) in [4.78, 5) is 19.2. The molecule has 0 saturated heterocycles. The van der Waals surface area contributed by atoms with E-state index in [1.807, 2.05) is 60.7 Å². The van der Waals surface area contributed by atoms with Gasteiger partial charge < -0.3 is 4.42 Å². The van der Waals surface area contributed by atoms with E-state index in [0.29, 0.717) is 0 Å². The fourth-order valence-electron chi connectivity index (χ4n) is 1.74. The van der Waals surface area contributed by atoms with Crippen LogP contribution in [-0.4, -0.2) is 9.97 Å². The fraction of sp³-hybridized carbons (Fsp3) is 0. The first-order chi connectivity index (χ1) is 9.33. The zero-order valence-electron chi connectivity index (χ0n) is 9.98. The van der Waals surface area contributed by atoms with E-state index in [4.69, 9.17) is 4.42 Å². The molecule has 0 spiro atoms. The molecule has 19 heavy (non-hydrogen) atoms. The summed E-state index contributed by atoms with van der Waals surface area (Å²) in [6.07, 6.45) is 0. The first kappa shape index (κ1) is 11.3. The number of rotatable bonds is 2. The predicted octanol–water partition coefficient (Wildman–Crippen LogP) is 2.76.